The molecule has 0 radical (unpaired) electrons. The quantitative estimate of drug-likeness (QED) is 0.794. The SMILES string of the molecule is CCC(N)Cc1cnc(N(CC(C)C)CC(C)C)nc1. The zero-order valence-electron chi connectivity index (χ0n) is 13.6. The molecule has 4 heteroatoms. The third kappa shape index (κ3) is 5.87. The van der Waals surface area contributed by atoms with Crippen LogP contribution in [0.4, 0.5) is 5.95 Å². The second kappa shape index (κ2) is 8.20. The highest BCUT2D eigenvalue weighted by Gasteiger charge is 2.13. The fourth-order valence-electron chi connectivity index (χ4n) is 2.18. The Morgan fingerprint density at radius 3 is 1.95 bits per heavy atom. The average Bonchev–Trinajstić information content (AvgIpc) is 2.37. The number of anilines is 1. The molecule has 1 atom stereocenters. The molecule has 1 aromatic rings. The predicted octanol–water partition coefficient (Wildman–Crippen LogP) is 2.87. The summed E-state index contributed by atoms with van der Waals surface area (Å²) in [5.41, 5.74) is 7.09. The Kier molecular flexibility index (Phi) is 6.93. The van der Waals surface area contributed by atoms with Gasteiger partial charge in [-0.1, -0.05) is 34.6 Å². The van der Waals surface area contributed by atoms with Crippen molar-refractivity contribution in [2.24, 2.45) is 17.6 Å². The van der Waals surface area contributed by atoms with Gasteiger partial charge in [0.05, 0.1) is 0 Å². The van der Waals surface area contributed by atoms with Crippen LogP contribution >= 0.6 is 0 Å². The highest BCUT2D eigenvalue weighted by atomic mass is 15.2. The lowest BCUT2D eigenvalue weighted by Crippen LogP contribution is -2.32. The molecule has 0 aliphatic carbocycles. The molecule has 1 aromatic heterocycles. The lowest BCUT2D eigenvalue weighted by atomic mass is 10.1. The Labute approximate surface area is 123 Å². The number of hydrogen-bond donors (Lipinski definition) is 1. The molecular weight excluding hydrogens is 248 g/mol. The first-order chi connectivity index (χ1) is 9.42. The highest BCUT2D eigenvalue weighted by Crippen LogP contribution is 2.13. The van der Waals surface area contributed by atoms with E-state index in [1.165, 1.54) is 0 Å². The molecule has 20 heavy (non-hydrogen) atoms. The van der Waals surface area contributed by atoms with Crippen LogP contribution in [0.1, 0.15) is 46.6 Å². The van der Waals surface area contributed by atoms with E-state index in [4.69, 9.17) is 5.73 Å². The minimum atomic E-state index is 0.201. The molecule has 0 spiro atoms. The lowest BCUT2D eigenvalue weighted by Gasteiger charge is -2.26. The molecular formula is C16H30N4. The smallest absolute Gasteiger partial charge is 0.225 e. The molecule has 1 heterocycles. The van der Waals surface area contributed by atoms with E-state index < -0.39 is 0 Å². The molecule has 0 aliphatic heterocycles. The van der Waals surface area contributed by atoms with E-state index in [0.29, 0.717) is 11.8 Å². The first kappa shape index (κ1) is 16.9. The molecule has 1 unspecified atom stereocenters. The Morgan fingerprint density at radius 2 is 1.55 bits per heavy atom. The monoisotopic (exact) mass is 278 g/mol. The van der Waals surface area contributed by atoms with Crippen LogP contribution in [0.25, 0.3) is 0 Å². The van der Waals surface area contributed by atoms with Gasteiger partial charge in [-0.2, -0.15) is 0 Å². The number of rotatable bonds is 8. The van der Waals surface area contributed by atoms with Crippen molar-refractivity contribution in [2.75, 3.05) is 18.0 Å². The van der Waals surface area contributed by atoms with Crippen LogP contribution in [-0.4, -0.2) is 29.1 Å². The van der Waals surface area contributed by atoms with Gasteiger partial charge >= 0.3 is 0 Å². The number of nitrogens with two attached hydrogens (primary N) is 1. The van der Waals surface area contributed by atoms with Crippen molar-refractivity contribution in [1.29, 1.82) is 0 Å². The van der Waals surface area contributed by atoms with E-state index in [0.717, 1.165) is 37.4 Å². The molecule has 4 nitrogen and oxygen atoms in total. The van der Waals surface area contributed by atoms with Crippen LogP contribution in [0, 0.1) is 11.8 Å². The van der Waals surface area contributed by atoms with Crippen molar-refractivity contribution in [1.82, 2.24) is 9.97 Å². The van der Waals surface area contributed by atoms with Crippen LogP contribution in [0.5, 0.6) is 0 Å². The van der Waals surface area contributed by atoms with Gasteiger partial charge in [0.1, 0.15) is 0 Å². The summed E-state index contributed by atoms with van der Waals surface area (Å²) in [6.45, 7) is 13.0. The van der Waals surface area contributed by atoms with Gasteiger partial charge in [-0.3, -0.25) is 0 Å². The first-order valence-corrected chi connectivity index (χ1v) is 7.73. The van der Waals surface area contributed by atoms with Crippen molar-refractivity contribution in [3.8, 4) is 0 Å². The van der Waals surface area contributed by atoms with Gasteiger partial charge in [0.25, 0.3) is 0 Å². The van der Waals surface area contributed by atoms with Crippen LogP contribution < -0.4 is 10.6 Å². The summed E-state index contributed by atoms with van der Waals surface area (Å²) < 4.78 is 0. The second-order valence-electron chi connectivity index (χ2n) is 6.46. The molecule has 0 amide bonds. The molecule has 0 bridgehead atoms. The van der Waals surface area contributed by atoms with Gasteiger partial charge in [0.2, 0.25) is 5.95 Å². The van der Waals surface area contributed by atoms with Crippen LogP contribution in [-0.2, 0) is 6.42 Å². The van der Waals surface area contributed by atoms with Gasteiger partial charge < -0.3 is 10.6 Å². The third-order valence-corrected chi connectivity index (χ3v) is 3.17. The predicted molar refractivity (Wildman–Crippen MR) is 85.9 cm³/mol. The average molecular weight is 278 g/mol. The van der Waals surface area contributed by atoms with Crippen LogP contribution in [0.15, 0.2) is 12.4 Å². The van der Waals surface area contributed by atoms with Crippen molar-refractivity contribution in [3.05, 3.63) is 18.0 Å². The molecule has 1 rings (SSSR count). The van der Waals surface area contributed by atoms with Crippen LogP contribution in [0.3, 0.4) is 0 Å². The zero-order chi connectivity index (χ0) is 15.1. The number of nitrogens with zero attached hydrogens (tertiary/aromatic N) is 3. The van der Waals surface area contributed by atoms with Crippen molar-refractivity contribution >= 4 is 5.95 Å². The number of aromatic nitrogens is 2. The minimum absolute atomic E-state index is 0.201. The molecule has 0 saturated heterocycles. The summed E-state index contributed by atoms with van der Waals surface area (Å²) in [6, 6.07) is 0.201. The second-order valence-corrected chi connectivity index (χ2v) is 6.46. The van der Waals surface area contributed by atoms with E-state index in [9.17, 15) is 0 Å². The Morgan fingerprint density at radius 1 is 1.05 bits per heavy atom. The fraction of sp³-hybridized carbons (Fsp3) is 0.750. The van der Waals surface area contributed by atoms with Crippen molar-refractivity contribution in [3.63, 3.8) is 0 Å². The van der Waals surface area contributed by atoms with Gasteiger partial charge in [0, 0.05) is 31.5 Å². The van der Waals surface area contributed by atoms with E-state index in [2.05, 4.69) is 49.5 Å². The highest BCUT2D eigenvalue weighted by molar-refractivity contribution is 5.30. The zero-order valence-corrected chi connectivity index (χ0v) is 13.6. The van der Waals surface area contributed by atoms with Crippen LogP contribution in [0.2, 0.25) is 0 Å². The van der Waals surface area contributed by atoms with Crippen molar-refractivity contribution < 1.29 is 0 Å². The Balaban J connectivity index is 2.76. The van der Waals surface area contributed by atoms with E-state index in [-0.39, 0.29) is 6.04 Å². The van der Waals surface area contributed by atoms with E-state index in [1.54, 1.807) is 0 Å². The molecule has 0 aliphatic rings. The molecule has 114 valence electrons. The van der Waals surface area contributed by atoms with Gasteiger partial charge in [-0.05, 0) is 30.2 Å². The number of hydrogen-bond acceptors (Lipinski definition) is 4. The molecule has 0 aromatic carbocycles. The normalized spacial score (nSPS) is 13.0. The van der Waals surface area contributed by atoms with Gasteiger partial charge in [-0.15, -0.1) is 0 Å². The standard InChI is InChI=1S/C16H30N4/c1-6-15(17)7-14-8-18-16(19-9-14)20(10-12(2)3)11-13(4)5/h8-9,12-13,15H,6-7,10-11,17H2,1-5H3. The van der Waals surface area contributed by atoms with Gasteiger partial charge in [0.15, 0.2) is 0 Å². The summed E-state index contributed by atoms with van der Waals surface area (Å²) in [6.07, 6.45) is 5.68. The maximum Gasteiger partial charge on any atom is 0.225 e. The van der Waals surface area contributed by atoms with E-state index in [1.807, 2.05) is 12.4 Å². The van der Waals surface area contributed by atoms with Gasteiger partial charge in [-0.25, -0.2) is 9.97 Å². The Bertz CT molecular complexity index is 363. The Hall–Kier alpha value is -1.16. The topological polar surface area (TPSA) is 55.0 Å². The minimum Gasteiger partial charge on any atom is -0.340 e. The third-order valence-electron chi connectivity index (χ3n) is 3.17. The fourth-order valence-corrected chi connectivity index (χ4v) is 2.18. The molecule has 0 saturated carbocycles. The molecule has 2 N–H and O–H groups in total. The summed E-state index contributed by atoms with van der Waals surface area (Å²) in [5.74, 6) is 2.04. The summed E-state index contributed by atoms with van der Waals surface area (Å²) >= 11 is 0. The molecule has 0 fully saturated rings. The maximum absolute atomic E-state index is 5.97. The largest absolute Gasteiger partial charge is 0.340 e. The van der Waals surface area contributed by atoms with E-state index >= 15 is 0 Å². The van der Waals surface area contributed by atoms with Crippen molar-refractivity contribution in [2.45, 2.75) is 53.5 Å². The summed E-state index contributed by atoms with van der Waals surface area (Å²) in [5, 5.41) is 0. The maximum atomic E-state index is 5.97. The lowest BCUT2D eigenvalue weighted by molar-refractivity contribution is 0.543. The summed E-state index contributed by atoms with van der Waals surface area (Å²) in [4.78, 5) is 11.3. The summed E-state index contributed by atoms with van der Waals surface area (Å²) in [7, 11) is 0. The first-order valence-electron chi connectivity index (χ1n) is 7.73.